The molecule has 9 heteroatoms. The predicted molar refractivity (Wildman–Crippen MR) is 131 cm³/mol. The van der Waals surface area contributed by atoms with Crippen molar-refractivity contribution >= 4 is 23.6 Å². The summed E-state index contributed by atoms with van der Waals surface area (Å²) in [4.78, 5) is 39.5. The number of rotatable bonds is 8. The molecule has 0 bridgehead atoms. The van der Waals surface area contributed by atoms with Crippen molar-refractivity contribution in [2.45, 2.75) is 39.2 Å². The normalized spacial score (nSPS) is 15.3. The minimum Gasteiger partial charge on any atom is -0.508 e. The first-order valence-electron chi connectivity index (χ1n) is 11.5. The lowest BCUT2D eigenvalue weighted by molar-refractivity contribution is -0.144. The first-order valence-corrected chi connectivity index (χ1v) is 11.5. The molecule has 1 heterocycles. The Balaban J connectivity index is 1.84. The van der Waals surface area contributed by atoms with Gasteiger partial charge in [0.15, 0.2) is 0 Å². The van der Waals surface area contributed by atoms with Gasteiger partial charge in [-0.25, -0.2) is 0 Å². The number of hydrogen-bond donors (Lipinski definition) is 5. The fourth-order valence-electron chi connectivity index (χ4n) is 4.52. The average Bonchev–Trinajstić information content (AvgIpc) is 2.82. The van der Waals surface area contributed by atoms with Crippen LogP contribution >= 0.6 is 0 Å². The molecule has 1 atom stereocenters. The van der Waals surface area contributed by atoms with Crippen LogP contribution in [0.4, 0.5) is 0 Å². The van der Waals surface area contributed by atoms with E-state index in [0.29, 0.717) is 42.6 Å². The Kier molecular flexibility index (Phi) is 7.78. The zero-order chi connectivity index (χ0) is 25.8. The molecular weight excluding hydrogens is 448 g/mol. The highest BCUT2D eigenvalue weighted by Gasteiger charge is 2.42. The Labute approximate surface area is 204 Å². The molecule has 0 aromatic heterocycles. The Morgan fingerprint density at radius 3 is 2.26 bits per heavy atom. The molecule has 9 nitrogen and oxygen atoms in total. The van der Waals surface area contributed by atoms with Crippen LogP contribution in [0.15, 0.2) is 48.5 Å². The maximum absolute atomic E-state index is 13.6. The summed E-state index contributed by atoms with van der Waals surface area (Å²) in [6.07, 6.45) is 1.31. The molecule has 0 unspecified atom stereocenters. The summed E-state index contributed by atoms with van der Waals surface area (Å²) in [5.41, 5.74) is 5.85. The number of carboxylic acids is 1. The van der Waals surface area contributed by atoms with E-state index in [4.69, 9.17) is 16.2 Å². The molecule has 6 N–H and O–H groups in total. The SMILES string of the molecule is CC(C)(C(=O)N1CCC(CC(=O)O)CC1)[C@H](NC(=O)c1ccc(C(=N)N)cc1)c1cccc(O)c1. The number of amides is 2. The van der Waals surface area contributed by atoms with Crippen molar-refractivity contribution in [2.75, 3.05) is 13.1 Å². The highest BCUT2D eigenvalue weighted by molar-refractivity contribution is 5.98. The van der Waals surface area contributed by atoms with Crippen LogP contribution in [0.1, 0.15) is 60.6 Å². The second-order valence-electron chi connectivity index (χ2n) is 9.55. The van der Waals surface area contributed by atoms with Gasteiger partial charge in [0.05, 0.1) is 11.5 Å². The molecule has 1 aliphatic heterocycles. The Morgan fingerprint density at radius 1 is 1.11 bits per heavy atom. The predicted octanol–water partition coefficient (Wildman–Crippen LogP) is 2.89. The third kappa shape index (κ3) is 6.17. The van der Waals surface area contributed by atoms with Crippen molar-refractivity contribution in [3.8, 4) is 5.75 Å². The van der Waals surface area contributed by atoms with Crippen LogP contribution in [0, 0.1) is 16.7 Å². The van der Waals surface area contributed by atoms with E-state index in [9.17, 15) is 19.5 Å². The van der Waals surface area contributed by atoms with E-state index < -0.39 is 23.3 Å². The lowest BCUT2D eigenvalue weighted by Gasteiger charge is -2.40. The molecule has 35 heavy (non-hydrogen) atoms. The number of amidine groups is 1. The Morgan fingerprint density at radius 2 is 1.71 bits per heavy atom. The molecular formula is C26H32N4O5. The van der Waals surface area contributed by atoms with E-state index >= 15 is 0 Å². The third-order valence-corrected chi connectivity index (χ3v) is 6.58. The molecule has 2 aromatic rings. The van der Waals surface area contributed by atoms with Gasteiger partial charge < -0.3 is 26.2 Å². The lowest BCUT2D eigenvalue weighted by atomic mass is 9.78. The topological polar surface area (TPSA) is 157 Å². The smallest absolute Gasteiger partial charge is 0.303 e. The maximum atomic E-state index is 13.6. The van der Waals surface area contributed by atoms with Crippen LogP contribution < -0.4 is 11.1 Å². The number of phenols is 1. The van der Waals surface area contributed by atoms with Crippen molar-refractivity contribution in [3.05, 3.63) is 65.2 Å². The van der Waals surface area contributed by atoms with Crippen LogP contribution in [0.5, 0.6) is 5.75 Å². The molecule has 1 fully saturated rings. The zero-order valence-electron chi connectivity index (χ0n) is 20.0. The van der Waals surface area contributed by atoms with Gasteiger partial charge in [-0.3, -0.25) is 19.8 Å². The molecule has 3 rings (SSSR count). The van der Waals surface area contributed by atoms with Gasteiger partial charge in [-0.1, -0.05) is 24.3 Å². The molecule has 1 saturated heterocycles. The monoisotopic (exact) mass is 480 g/mol. The summed E-state index contributed by atoms with van der Waals surface area (Å²) in [5.74, 6) is -1.45. The first kappa shape index (κ1) is 25.7. The van der Waals surface area contributed by atoms with Crippen LogP contribution in [0.25, 0.3) is 0 Å². The molecule has 0 spiro atoms. The van der Waals surface area contributed by atoms with Gasteiger partial charge in [-0.05, 0) is 62.4 Å². The fraction of sp³-hybridized carbons (Fsp3) is 0.385. The van der Waals surface area contributed by atoms with E-state index in [2.05, 4.69) is 5.32 Å². The molecule has 2 amide bonds. The number of nitrogens with two attached hydrogens (primary N) is 1. The molecule has 0 saturated carbocycles. The van der Waals surface area contributed by atoms with Gasteiger partial charge >= 0.3 is 5.97 Å². The number of carbonyl (C=O) groups is 3. The maximum Gasteiger partial charge on any atom is 0.303 e. The summed E-state index contributed by atoms with van der Waals surface area (Å²) in [6.45, 7) is 4.42. The number of likely N-dealkylation sites (tertiary alicyclic amines) is 1. The summed E-state index contributed by atoms with van der Waals surface area (Å²) >= 11 is 0. The number of carboxylic acid groups (broad SMARTS) is 1. The van der Waals surface area contributed by atoms with Crippen molar-refractivity contribution in [1.82, 2.24) is 10.2 Å². The second kappa shape index (κ2) is 10.6. The first-order chi connectivity index (χ1) is 16.5. The number of piperidine rings is 1. The number of phenolic OH excluding ortho intramolecular Hbond substituents is 1. The van der Waals surface area contributed by atoms with Crippen molar-refractivity contribution < 1.29 is 24.6 Å². The van der Waals surface area contributed by atoms with Crippen molar-refractivity contribution in [1.29, 1.82) is 5.41 Å². The summed E-state index contributed by atoms with van der Waals surface area (Å²) in [6, 6.07) is 12.0. The number of aromatic hydroxyl groups is 1. The minimum absolute atomic E-state index is 0.0188. The van der Waals surface area contributed by atoms with Crippen LogP contribution in [0.2, 0.25) is 0 Å². The quantitative estimate of drug-likeness (QED) is 0.289. The molecule has 0 aliphatic carbocycles. The lowest BCUT2D eigenvalue weighted by Crippen LogP contribution is -2.51. The van der Waals surface area contributed by atoms with Crippen molar-refractivity contribution in [2.24, 2.45) is 17.1 Å². The highest BCUT2D eigenvalue weighted by atomic mass is 16.4. The number of carbonyl (C=O) groups excluding carboxylic acids is 2. The van der Waals surface area contributed by atoms with Gasteiger partial charge in [0.25, 0.3) is 5.91 Å². The average molecular weight is 481 g/mol. The number of benzene rings is 2. The summed E-state index contributed by atoms with van der Waals surface area (Å²) in [5, 5.41) is 29.6. The molecule has 1 aliphatic rings. The fourth-order valence-corrected chi connectivity index (χ4v) is 4.52. The standard InChI is InChI=1S/C26H32N4O5/c1-26(2,25(35)30-12-10-16(11-13-30)14-21(32)33)22(19-4-3-5-20(31)15-19)29-24(34)18-8-6-17(7-9-18)23(27)28/h3-9,15-16,22,31H,10-14H2,1-2H3,(H3,27,28)(H,29,34)(H,32,33)/t22-/m1/s1. The van der Waals surface area contributed by atoms with E-state index in [1.54, 1.807) is 55.1 Å². The van der Waals surface area contributed by atoms with Crippen molar-refractivity contribution in [3.63, 3.8) is 0 Å². The Hall–Kier alpha value is -3.88. The van der Waals surface area contributed by atoms with Gasteiger partial charge in [-0.2, -0.15) is 0 Å². The zero-order valence-corrected chi connectivity index (χ0v) is 20.0. The van der Waals surface area contributed by atoms with Gasteiger partial charge in [0, 0.05) is 30.6 Å². The summed E-state index contributed by atoms with van der Waals surface area (Å²) in [7, 11) is 0. The van der Waals surface area contributed by atoms with Gasteiger partial charge in [0.2, 0.25) is 5.91 Å². The Bertz CT molecular complexity index is 1100. The van der Waals surface area contributed by atoms with Crippen LogP contribution in [0.3, 0.4) is 0 Å². The number of aliphatic carboxylic acids is 1. The van der Waals surface area contributed by atoms with E-state index in [1.165, 1.54) is 12.1 Å². The number of nitrogens with one attached hydrogen (secondary N) is 2. The largest absolute Gasteiger partial charge is 0.508 e. The number of hydrogen-bond acceptors (Lipinski definition) is 5. The number of nitrogens with zero attached hydrogens (tertiary/aromatic N) is 1. The summed E-state index contributed by atoms with van der Waals surface area (Å²) < 4.78 is 0. The van der Waals surface area contributed by atoms with Gasteiger partial charge in [-0.15, -0.1) is 0 Å². The second-order valence-corrected chi connectivity index (χ2v) is 9.55. The molecule has 0 radical (unpaired) electrons. The molecule has 186 valence electrons. The van der Waals surface area contributed by atoms with E-state index in [-0.39, 0.29) is 29.8 Å². The highest BCUT2D eigenvalue weighted by Crippen LogP contribution is 2.38. The van der Waals surface area contributed by atoms with E-state index in [1.807, 2.05) is 0 Å². The number of nitrogen functional groups attached to an aromatic ring is 1. The minimum atomic E-state index is -1.07. The van der Waals surface area contributed by atoms with Gasteiger partial charge in [0.1, 0.15) is 11.6 Å². The van der Waals surface area contributed by atoms with Crippen LogP contribution in [-0.2, 0) is 9.59 Å². The third-order valence-electron chi connectivity index (χ3n) is 6.58. The van der Waals surface area contributed by atoms with E-state index in [0.717, 1.165) is 0 Å². The van der Waals surface area contributed by atoms with Crippen LogP contribution in [-0.4, -0.2) is 51.8 Å². The molecule has 2 aromatic carbocycles.